The molecule has 0 radical (unpaired) electrons. The zero-order valence-corrected chi connectivity index (χ0v) is 18.8. The Morgan fingerprint density at radius 1 is 0.741 bits per heavy atom. The van der Waals surface area contributed by atoms with E-state index >= 15 is 0 Å². The van der Waals surface area contributed by atoms with Crippen molar-refractivity contribution in [2.75, 3.05) is 0 Å². The van der Waals surface area contributed by atoms with E-state index in [9.17, 15) is 5.11 Å². The summed E-state index contributed by atoms with van der Waals surface area (Å²) in [5.41, 5.74) is 3.41. The maximum Gasteiger partial charge on any atom is 0.121 e. The van der Waals surface area contributed by atoms with E-state index in [-0.39, 0.29) is 0 Å². The molecular formula is C26H46O. The standard InChI is InChI=1S/C26H46O/c1-5-6-7-14-17-22(2)18-15-12-10-8-9-11-13-16-19-25-21-23(3)20-24(4)26(25)27/h20-22,27H,5-19H2,1-4H3. The van der Waals surface area contributed by atoms with Gasteiger partial charge in [0.2, 0.25) is 0 Å². The maximum absolute atomic E-state index is 10.2. The molecule has 156 valence electrons. The number of unbranched alkanes of at least 4 members (excludes halogenated alkanes) is 10. The third-order valence-electron chi connectivity index (χ3n) is 5.97. The smallest absolute Gasteiger partial charge is 0.121 e. The number of phenols is 1. The summed E-state index contributed by atoms with van der Waals surface area (Å²) >= 11 is 0. The van der Waals surface area contributed by atoms with Crippen molar-refractivity contribution in [1.82, 2.24) is 0 Å². The van der Waals surface area contributed by atoms with Gasteiger partial charge in [-0.15, -0.1) is 0 Å². The second-order valence-corrected chi connectivity index (χ2v) is 8.91. The normalized spacial score (nSPS) is 12.4. The molecule has 0 amide bonds. The average molecular weight is 375 g/mol. The molecule has 1 rings (SSSR count). The molecular weight excluding hydrogens is 328 g/mol. The van der Waals surface area contributed by atoms with Gasteiger partial charge in [0.1, 0.15) is 5.75 Å². The lowest BCUT2D eigenvalue weighted by Crippen LogP contribution is -1.95. The van der Waals surface area contributed by atoms with Crippen LogP contribution in [-0.4, -0.2) is 5.11 Å². The molecule has 0 bridgehead atoms. The zero-order chi connectivity index (χ0) is 19.9. The molecule has 0 aliphatic heterocycles. The quantitative estimate of drug-likeness (QED) is 0.287. The molecule has 0 aliphatic carbocycles. The molecule has 0 spiro atoms. The molecule has 1 heteroatoms. The van der Waals surface area contributed by atoms with Gasteiger partial charge in [-0.05, 0) is 43.7 Å². The molecule has 1 aromatic rings. The average Bonchev–Trinajstić information content (AvgIpc) is 2.64. The summed E-state index contributed by atoms with van der Waals surface area (Å²) in [5.74, 6) is 1.45. The minimum atomic E-state index is 0.514. The van der Waals surface area contributed by atoms with Crippen LogP contribution in [0, 0.1) is 19.8 Å². The van der Waals surface area contributed by atoms with Crippen LogP contribution in [0.2, 0.25) is 0 Å². The fourth-order valence-corrected chi connectivity index (χ4v) is 4.17. The Morgan fingerprint density at radius 2 is 1.26 bits per heavy atom. The van der Waals surface area contributed by atoms with Crippen LogP contribution < -0.4 is 0 Å². The van der Waals surface area contributed by atoms with Gasteiger partial charge in [-0.2, -0.15) is 0 Å². The van der Waals surface area contributed by atoms with E-state index in [2.05, 4.69) is 32.9 Å². The first-order valence-electron chi connectivity index (χ1n) is 11.8. The van der Waals surface area contributed by atoms with Gasteiger partial charge in [0.15, 0.2) is 0 Å². The van der Waals surface area contributed by atoms with Crippen LogP contribution in [0.25, 0.3) is 0 Å². The van der Waals surface area contributed by atoms with Crippen LogP contribution in [0.5, 0.6) is 5.75 Å². The highest BCUT2D eigenvalue weighted by atomic mass is 16.3. The van der Waals surface area contributed by atoms with E-state index < -0.39 is 0 Å². The lowest BCUT2D eigenvalue weighted by atomic mass is 9.96. The van der Waals surface area contributed by atoms with Gasteiger partial charge in [0, 0.05) is 0 Å². The van der Waals surface area contributed by atoms with Crippen LogP contribution in [0.3, 0.4) is 0 Å². The highest BCUT2D eigenvalue weighted by molar-refractivity contribution is 5.42. The molecule has 0 aromatic heterocycles. The van der Waals surface area contributed by atoms with Gasteiger partial charge in [-0.3, -0.25) is 0 Å². The number of hydrogen-bond acceptors (Lipinski definition) is 1. The largest absolute Gasteiger partial charge is 0.507 e. The topological polar surface area (TPSA) is 20.2 Å². The summed E-state index contributed by atoms with van der Waals surface area (Å²) in [4.78, 5) is 0. The summed E-state index contributed by atoms with van der Waals surface area (Å²) < 4.78 is 0. The Hall–Kier alpha value is -0.980. The highest BCUT2D eigenvalue weighted by Gasteiger charge is 2.05. The molecule has 1 unspecified atom stereocenters. The summed E-state index contributed by atoms with van der Waals surface area (Å²) in [6.07, 6.45) is 20.4. The summed E-state index contributed by atoms with van der Waals surface area (Å²) in [6, 6.07) is 4.21. The van der Waals surface area contributed by atoms with Crippen molar-refractivity contribution >= 4 is 0 Å². The van der Waals surface area contributed by atoms with Gasteiger partial charge in [-0.1, -0.05) is 115 Å². The first kappa shape index (κ1) is 24.1. The molecule has 1 aromatic carbocycles. The number of aryl methyl sites for hydroxylation is 3. The summed E-state index contributed by atoms with van der Waals surface area (Å²) in [6.45, 7) is 8.85. The third-order valence-corrected chi connectivity index (χ3v) is 5.97. The lowest BCUT2D eigenvalue weighted by molar-refractivity contribution is 0.433. The minimum Gasteiger partial charge on any atom is -0.507 e. The van der Waals surface area contributed by atoms with E-state index in [1.54, 1.807) is 0 Å². The molecule has 1 N–H and O–H groups in total. The molecule has 1 nitrogen and oxygen atoms in total. The van der Waals surface area contributed by atoms with E-state index in [1.807, 2.05) is 6.92 Å². The summed E-state index contributed by atoms with van der Waals surface area (Å²) in [5, 5.41) is 10.2. The molecule has 1 atom stereocenters. The van der Waals surface area contributed by atoms with Gasteiger partial charge >= 0.3 is 0 Å². The van der Waals surface area contributed by atoms with Gasteiger partial charge in [-0.25, -0.2) is 0 Å². The summed E-state index contributed by atoms with van der Waals surface area (Å²) in [7, 11) is 0. The van der Waals surface area contributed by atoms with Crippen LogP contribution in [0.15, 0.2) is 12.1 Å². The van der Waals surface area contributed by atoms with Crippen LogP contribution >= 0.6 is 0 Å². The number of aromatic hydroxyl groups is 1. The highest BCUT2D eigenvalue weighted by Crippen LogP contribution is 2.25. The predicted octanol–water partition coefficient (Wildman–Crippen LogP) is 8.67. The van der Waals surface area contributed by atoms with Crippen molar-refractivity contribution in [3.63, 3.8) is 0 Å². The Morgan fingerprint density at radius 3 is 1.85 bits per heavy atom. The van der Waals surface area contributed by atoms with E-state index in [0.29, 0.717) is 5.75 Å². The van der Waals surface area contributed by atoms with Crippen molar-refractivity contribution in [2.45, 2.75) is 124 Å². The molecule has 0 saturated heterocycles. The van der Waals surface area contributed by atoms with Crippen molar-refractivity contribution in [3.8, 4) is 5.75 Å². The van der Waals surface area contributed by atoms with Crippen LogP contribution in [0.4, 0.5) is 0 Å². The Bertz CT molecular complexity index is 491. The third kappa shape index (κ3) is 11.5. The first-order chi connectivity index (χ1) is 13.0. The van der Waals surface area contributed by atoms with Gasteiger partial charge in [0.05, 0.1) is 0 Å². The van der Waals surface area contributed by atoms with Gasteiger partial charge in [0.25, 0.3) is 0 Å². The fourth-order valence-electron chi connectivity index (χ4n) is 4.17. The van der Waals surface area contributed by atoms with E-state index in [0.717, 1.165) is 23.5 Å². The lowest BCUT2D eigenvalue weighted by Gasteiger charge is -2.11. The van der Waals surface area contributed by atoms with Crippen LogP contribution in [0.1, 0.15) is 120 Å². The Kier molecular flexibility index (Phi) is 13.4. The monoisotopic (exact) mass is 374 g/mol. The second-order valence-electron chi connectivity index (χ2n) is 8.91. The maximum atomic E-state index is 10.2. The Balaban J connectivity index is 1.93. The van der Waals surface area contributed by atoms with Gasteiger partial charge < -0.3 is 5.11 Å². The number of phenolic OH excluding ortho intramolecular Hbond substituents is 1. The molecule has 27 heavy (non-hydrogen) atoms. The van der Waals surface area contributed by atoms with Crippen molar-refractivity contribution in [2.24, 2.45) is 5.92 Å². The van der Waals surface area contributed by atoms with Crippen molar-refractivity contribution in [1.29, 1.82) is 0 Å². The van der Waals surface area contributed by atoms with Crippen molar-refractivity contribution < 1.29 is 5.11 Å². The molecule has 0 fully saturated rings. The molecule has 0 saturated carbocycles. The minimum absolute atomic E-state index is 0.514. The Labute approximate surface area is 170 Å². The van der Waals surface area contributed by atoms with E-state index in [4.69, 9.17) is 0 Å². The first-order valence-corrected chi connectivity index (χ1v) is 11.8. The van der Waals surface area contributed by atoms with E-state index in [1.165, 1.54) is 95.5 Å². The number of rotatable bonds is 16. The molecule has 0 heterocycles. The fraction of sp³-hybridized carbons (Fsp3) is 0.769. The molecule has 0 aliphatic rings. The second kappa shape index (κ2) is 15.0. The van der Waals surface area contributed by atoms with Crippen LogP contribution in [-0.2, 0) is 6.42 Å². The zero-order valence-electron chi connectivity index (χ0n) is 18.8. The predicted molar refractivity (Wildman–Crippen MR) is 121 cm³/mol. The van der Waals surface area contributed by atoms with Crippen molar-refractivity contribution in [3.05, 3.63) is 28.8 Å². The SMILES string of the molecule is CCCCCCC(C)CCCCCCCCCCc1cc(C)cc(C)c1O. The number of hydrogen-bond donors (Lipinski definition) is 1. The number of benzene rings is 1.